The highest BCUT2D eigenvalue weighted by atomic mass is 35.5. The van der Waals surface area contributed by atoms with Crippen LogP contribution in [0.1, 0.15) is 19.4 Å². The van der Waals surface area contributed by atoms with Gasteiger partial charge in [0.1, 0.15) is 18.4 Å². The minimum absolute atomic E-state index is 0.0199. The molecule has 0 spiro atoms. The number of anilines is 1. The van der Waals surface area contributed by atoms with E-state index in [0.29, 0.717) is 6.54 Å². The fourth-order valence-electron chi connectivity index (χ4n) is 2.99. The number of halogens is 3. The summed E-state index contributed by atoms with van der Waals surface area (Å²) in [5, 5.41) is 2.92. The van der Waals surface area contributed by atoms with E-state index >= 15 is 0 Å². The molecule has 2 aromatic rings. The van der Waals surface area contributed by atoms with Crippen molar-refractivity contribution in [3.8, 4) is 0 Å². The molecule has 2 rings (SSSR count). The van der Waals surface area contributed by atoms with Gasteiger partial charge in [0.15, 0.2) is 0 Å². The van der Waals surface area contributed by atoms with Gasteiger partial charge in [-0.15, -0.1) is 0 Å². The number of hydrogen-bond donors (Lipinski definition) is 1. The Balaban J connectivity index is 2.45. The molecule has 2 amide bonds. The number of sulfonamides is 1. The molecule has 0 bridgehead atoms. The number of carbonyl (C=O) groups is 2. The van der Waals surface area contributed by atoms with Crippen LogP contribution >= 0.6 is 23.2 Å². The molecule has 0 radical (unpaired) electrons. The molecule has 32 heavy (non-hydrogen) atoms. The Kier molecular flexibility index (Phi) is 8.89. The number of likely N-dealkylation sites (N-methyl/N-ethyl adjacent to an activating group) is 1. The Morgan fingerprint density at radius 3 is 2.41 bits per heavy atom. The van der Waals surface area contributed by atoms with Gasteiger partial charge in [0, 0.05) is 23.7 Å². The standard InChI is InChI=1S/C21H24Cl2FN3O4S/c1-4-25-21(29)14(2)26(12-15-7-5-6-8-18(15)24)20(28)13-27(32(3,30)31)19-11-16(22)9-10-17(19)23/h5-11,14H,4,12-13H2,1-3H3,(H,25,29). The van der Waals surface area contributed by atoms with Gasteiger partial charge in [0.2, 0.25) is 21.8 Å². The first-order valence-corrected chi connectivity index (χ1v) is 12.3. The number of rotatable bonds is 9. The number of benzene rings is 2. The molecule has 0 aliphatic heterocycles. The van der Waals surface area contributed by atoms with Crippen LogP contribution in [0.3, 0.4) is 0 Å². The van der Waals surface area contributed by atoms with Crippen LogP contribution in [-0.4, -0.2) is 50.5 Å². The Hall–Kier alpha value is -2.36. The van der Waals surface area contributed by atoms with Crippen molar-refractivity contribution in [2.75, 3.05) is 23.7 Å². The molecule has 0 saturated heterocycles. The van der Waals surface area contributed by atoms with Crippen molar-refractivity contribution in [3.63, 3.8) is 0 Å². The van der Waals surface area contributed by atoms with E-state index in [9.17, 15) is 22.4 Å². The first kappa shape index (κ1) is 25.9. The molecule has 7 nitrogen and oxygen atoms in total. The first-order chi connectivity index (χ1) is 15.0. The van der Waals surface area contributed by atoms with Crippen molar-refractivity contribution in [3.05, 3.63) is 63.9 Å². The highest BCUT2D eigenvalue weighted by Gasteiger charge is 2.31. The molecule has 0 aliphatic rings. The highest BCUT2D eigenvalue weighted by Crippen LogP contribution is 2.31. The minimum atomic E-state index is -3.95. The molecule has 2 aromatic carbocycles. The molecule has 0 heterocycles. The fourth-order valence-corrected chi connectivity index (χ4v) is 4.28. The zero-order valence-corrected chi connectivity index (χ0v) is 20.1. The van der Waals surface area contributed by atoms with Crippen LogP contribution in [0.2, 0.25) is 10.0 Å². The van der Waals surface area contributed by atoms with Crippen LogP contribution in [0.25, 0.3) is 0 Å². The van der Waals surface area contributed by atoms with Crippen molar-refractivity contribution in [1.29, 1.82) is 0 Å². The second-order valence-electron chi connectivity index (χ2n) is 7.05. The lowest BCUT2D eigenvalue weighted by atomic mass is 10.1. The molecule has 1 atom stereocenters. The van der Waals surface area contributed by atoms with Crippen LogP contribution in [0.15, 0.2) is 42.5 Å². The van der Waals surface area contributed by atoms with E-state index < -0.39 is 40.2 Å². The largest absolute Gasteiger partial charge is 0.355 e. The van der Waals surface area contributed by atoms with Crippen molar-refractivity contribution < 1.29 is 22.4 Å². The van der Waals surface area contributed by atoms with Crippen molar-refractivity contribution in [2.24, 2.45) is 0 Å². The normalized spacial score (nSPS) is 12.2. The number of carbonyl (C=O) groups excluding carboxylic acids is 2. The monoisotopic (exact) mass is 503 g/mol. The average Bonchev–Trinajstić information content (AvgIpc) is 2.72. The molecule has 0 saturated carbocycles. The van der Waals surface area contributed by atoms with Crippen LogP contribution in [-0.2, 0) is 26.2 Å². The van der Waals surface area contributed by atoms with Crippen LogP contribution in [0, 0.1) is 5.82 Å². The topological polar surface area (TPSA) is 86.8 Å². The third kappa shape index (κ3) is 6.57. The quantitative estimate of drug-likeness (QED) is 0.567. The van der Waals surface area contributed by atoms with Crippen molar-refractivity contribution >= 4 is 50.7 Å². The summed E-state index contributed by atoms with van der Waals surface area (Å²) in [5.41, 5.74) is 0.204. The fraction of sp³-hybridized carbons (Fsp3) is 0.333. The van der Waals surface area contributed by atoms with E-state index in [0.717, 1.165) is 15.5 Å². The van der Waals surface area contributed by atoms with E-state index in [4.69, 9.17) is 23.2 Å². The second kappa shape index (κ2) is 11.0. The van der Waals surface area contributed by atoms with Gasteiger partial charge in [-0.2, -0.15) is 0 Å². The summed E-state index contributed by atoms with van der Waals surface area (Å²) in [6, 6.07) is 9.07. The maximum Gasteiger partial charge on any atom is 0.244 e. The van der Waals surface area contributed by atoms with E-state index in [1.165, 1.54) is 43.3 Å². The Bertz CT molecular complexity index is 1100. The lowest BCUT2D eigenvalue weighted by Crippen LogP contribution is -2.51. The molecule has 0 aromatic heterocycles. The van der Waals surface area contributed by atoms with Crippen LogP contribution < -0.4 is 9.62 Å². The van der Waals surface area contributed by atoms with Gasteiger partial charge >= 0.3 is 0 Å². The van der Waals surface area contributed by atoms with Crippen molar-refractivity contribution in [2.45, 2.75) is 26.4 Å². The summed E-state index contributed by atoms with van der Waals surface area (Å²) >= 11 is 12.2. The molecule has 0 aliphatic carbocycles. The minimum Gasteiger partial charge on any atom is -0.355 e. The molecular formula is C21H24Cl2FN3O4S. The molecule has 0 fully saturated rings. The molecule has 11 heteroatoms. The van der Waals surface area contributed by atoms with E-state index in [1.54, 1.807) is 13.0 Å². The Morgan fingerprint density at radius 2 is 1.81 bits per heavy atom. The average molecular weight is 504 g/mol. The van der Waals surface area contributed by atoms with Crippen LogP contribution in [0.5, 0.6) is 0 Å². The van der Waals surface area contributed by atoms with Gasteiger partial charge in [-0.05, 0) is 38.1 Å². The Morgan fingerprint density at radius 1 is 1.16 bits per heavy atom. The summed E-state index contributed by atoms with van der Waals surface area (Å²) < 4.78 is 40.0. The maximum atomic E-state index is 14.3. The van der Waals surface area contributed by atoms with Gasteiger partial charge in [-0.25, -0.2) is 12.8 Å². The Labute approximate surface area is 197 Å². The smallest absolute Gasteiger partial charge is 0.244 e. The van der Waals surface area contributed by atoms with Gasteiger partial charge in [-0.3, -0.25) is 13.9 Å². The van der Waals surface area contributed by atoms with Gasteiger partial charge in [-0.1, -0.05) is 41.4 Å². The number of nitrogens with one attached hydrogen (secondary N) is 1. The number of hydrogen-bond acceptors (Lipinski definition) is 4. The summed E-state index contributed by atoms with van der Waals surface area (Å²) in [7, 11) is -3.95. The molecule has 1 unspecified atom stereocenters. The zero-order chi connectivity index (χ0) is 24.1. The summed E-state index contributed by atoms with van der Waals surface area (Å²) in [5.74, 6) is -1.72. The molecular weight excluding hydrogens is 480 g/mol. The first-order valence-electron chi connectivity index (χ1n) is 9.69. The molecule has 174 valence electrons. The van der Waals surface area contributed by atoms with E-state index in [1.807, 2.05) is 0 Å². The second-order valence-corrected chi connectivity index (χ2v) is 9.80. The van der Waals surface area contributed by atoms with E-state index in [-0.39, 0.29) is 27.8 Å². The predicted molar refractivity (Wildman–Crippen MR) is 124 cm³/mol. The highest BCUT2D eigenvalue weighted by molar-refractivity contribution is 7.92. The third-order valence-corrected chi connectivity index (χ3v) is 6.35. The summed E-state index contributed by atoms with van der Waals surface area (Å²) in [6.07, 6.45) is 0.923. The van der Waals surface area contributed by atoms with E-state index in [2.05, 4.69) is 5.32 Å². The number of nitrogens with zero attached hydrogens (tertiary/aromatic N) is 2. The predicted octanol–water partition coefficient (Wildman–Crippen LogP) is 3.45. The third-order valence-electron chi connectivity index (χ3n) is 4.67. The summed E-state index contributed by atoms with van der Waals surface area (Å²) in [6.45, 7) is 2.65. The number of amides is 2. The lowest BCUT2D eigenvalue weighted by Gasteiger charge is -2.31. The summed E-state index contributed by atoms with van der Waals surface area (Å²) in [4.78, 5) is 26.8. The maximum absolute atomic E-state index is 14.3. The van der Waals surface area contributed by atoms with Gasteiger partial charge < -0.3 is 10.2 Å². The van der Waals surface area contributed by atoms with Gasteiger partial charge in [0.25, 0.3) is 0 Å². The zero-order valence-electron chi connectivity index (χ0n) is 17.8. The molecule has 1 N–H and O–H groups in total. The van der Waals surface area contributed by atoms with Crippen molar-refractivity contribution in [1.82, 2.24) is 10.2 Å². The van der Waals surface area contributed by atoms with Gasteiger partial charge in [0.05, 0.1) is 17.0 Å². The lowest BCUT2D eigenvalue weighted by molar-refractivity contribution is -0.139. The SMILES string of the molecule is CCNC(=O)C(C)N(Cc1ccccc1F)C(=O)CN(c1cc(Cl)ccc1Cl)S(C)(=O)=O. The van der Waals surface area contributed by atoms with Crippen LogP contribution in [0.4, 0.5) is 10.1 Å².